The lowest BCUT2D eigenvalue weighted by atomic mass is 9.79. The second kappa shape index (κ2) is 7.90. The standard InChI is InChI=1S/C27H38O3/c1-9-29-23(28)12-18(2)10-11-20-16-27(20,8)21-13-19(15-25(3,4)5)24-22(14-21)26(6,7)17-30-24/h10-14,20H,9,15-17H2,1-8H3/b11-10+,18-12+/t20-,27+/m1/s1. The highest BCUT2D eigenvalue weighted by Crippen LogP contribution is 2.57. The van der Waals surface area contributed by atoms with Crippen LogP contribution in [-0.2, 0) is 26.8 Å². The minimum Gasteiger partial charge on any atom is -0.492 e. The highest BCUT2D eigenvalue weighted by molar-refractivity contribution is 5.83. The zero-order valence-electron chi connectivity index (χ0n) is 20.0. The molecule has 3 rings (SSSR count). The molecule has 2 aliphatic rings. The highest BCUT2D eigenvalue weighted by atomic mass is 16.5. The van der Waals surface area contributed by atoms with Crippen molar-refractivity contribution in [3.63, 3.8) is 0 Å². The van der Waals surface area contributed by atoms with Crippen molar-refractivity contribution in [1.29, 1.82) is 0 Å². The van der Waals surface area contributed by atoms with E-state index in [1.807, 2.05) is 13.8 Å². The van der Waals surface area contributed by atoms with E-state index in [-0.39, 0.29) is 22.2 Å². The second-order valence-electron chi connectivity index (χ2n) is 11.1. The molecule has 1 fully saturated rings. The molecule has 1 aliphatic carbocycles. The fourth-order valence-electron chi connectivity index (χ4n) is 4.42. The smallest absolute Gasteiger partial charge is 0.330 e. The number of rotatable bonds is 6. The van der Waals surface area contributed by atoms with Gasteiger partial charge in [-0.1, -0.05) is 65.8 Å². The quantitative estimate of drug-likeness (QED) is 0.314. The van der Waals surface area contributed by atoms with Crippen LogP contribution in [0.25, 0.3) is 0 Å². The van der Waals surface area contributed by atoms with Crippen molar-refractivity contribution in [3.8, 4) is 5.75 Å². The first kappa shape index (κ1) is 22.7. The molecule has 164 valence electrons. The van der Waals surface area contributed by atoms with Crippen LogP contribution in [0.15, 0.2) is 35.9 Å². The largest absolute Gasteiger partial charge is 0.492 e. The third kappa shape index (κ3) is 4.82. The van der Waals surface area contributed by atoms with Gasteiger partial charge < -0.3 is 9.47 Å². The molecule has 3 heteroatoms. The molecular formula is C27H38O3. The normalized spacial score (nSPS) is 25.2. The SMILES string of the molecule is CCOC(=O)/C=C(C)/C=C/[C@@H]1C[C@]1(C)c1cc(CC(C)(C)C)c2c(c1)C(C)(C)CO2. The van der Waals surface area contributed by atoms with E-state index in [9.17, 15) is 4.79 Å². The second-order valence-corrected chi connectivity index (χ2v) is 11.1. The van der Waals surface area contributed by atoms with Crippen molar-refractivity contribution >= 4 is 5.97 Å². The van der Waals surface area contributed by atoms with Crippen LogP contribution in [0.2, 0.25) is 0 Å². The van der Waals surface area contributed by atoms with Crippen molar-refractivity contribution in [1.82, 2.24) is 0 Å². The Morgan fingerprint density at radius 2 is 1.97 bits per heavy atom. The Hall–Kier alpha value is -2.03. The molecule has 1 aromatic rings. The average Bonchev–Trinajstić information content (AvgIpc) is 3.18. The monoisotopic (exact) mass is 410 g/mol. The van der Waals surface area contributed by atoms with E-state index in [1.54, 1.807) is 6.08 Å². The topological polar surface area (TPSA) is 35.5 Å². The average molecular weight is 411 g/mol. The van der Waals surface area contributed by atoms with E-state index >= 15 is 0 Å². The Labute approximate surface area is 182 Å². The van der Waals surface area contributed by atoms with Crippen LogP contribution in [0.4, 0.5) is 0 Å². The number of carbonyl (C=O) groups excluding carboxylic acids is 1. The number of carbonyl (C=O) groups is 1. The molecule has 0 amide bonds. The molecule has 2 atom stereocenters. The molecule has 3 nitrogen and oxygen atoms in total. The fourth-order valence-corrected chi connectivity index (χ4v) is 4.42. The molecule has 0 bridgehead atoms. The molecule has 1 saturated carbocycles. The van der Waals surface area contributed by atoms with E-state index < -0.39 is 0 Å². The summed E-state index contributed by atoms with van der Waals surface area (Å²) in [6.45, 7) is 18.7. The Balaban J connectivity index is 1.87. The van der Waals surface area contributed by atoms with E-state index in [0.717, 1.165) is 30.8 Å². The van der Waals surface area contributed by atoms with Crippen LogP contribution in [0, 0.1) is 11.3 Å². The Morgan fingerprint density at radius 1 is 1.27 bits per heavy atom. The summed E-state index contributed by atoms with van der Waals surface area (Å²) in [6.07, 6.45) is 8.02. The maximum absolute atomic E-state index is 11.6. The lowest BCUT2D eigenvalue weighted by molar-refractivity contribution is -0.137. The van der Waals surface area contributed by atoms with E-state index in [0.29, 0.717) is 12.5 Å². The van der Waals surface area contributed by atoms with Crippen LogP contribution >= 0.6 is 0 Å². The number of hydrogen-bond donors (Lipinski definition) is 0. The zero-order chi connectivity index (χ0) is 22.3. The molecule has 0 aromatic heterocycles. The summed E-state index contributed by atoms with van der Waals surface area (Å²) in [5, 5.41) is 0. The summed E-state index contributed by atoms with van der Waals surface area (Å²) in [4.78, 5) is 11.6. The van der Waals surface area contributed by atoms with Gasteiger partial charge in [-0.3, -0.25) is 0 Å². The predicted octanol–water partition coefficient (Wildman–Crippen LogP) is 6.29. The van der Waals surface area contributed by atoms with Crippen molar-refractivity contribution < 1.29 is 14.3 Å². The van der Waals surface area contributed by atoms with Crippen molar-refractivity contribution in [3.05, 3.63) is 52.6 Å². The highest BCUT2D eigenvalue weighted by Gasteiger charge is 2.50. The number of ether oxygens (including phenoxy) is 2. The molecule has 0 saturated heterocycles. The first-order valence-corrected chi connectivity index (χ1v) is 11.2. The summed E-state index contributed by atoms with van der Waals surface area (Å²) >= 11 is 0. The third-order valence-corrected chi connectivity index (χ3v) is 6.38. The van der Waals surface area contributed by atoms with Gasteiger partial charge in [-0.2, -0.15) is 0 Å². The van der Waals surface area contributed by atoms with E-state index in [2.05, 4.69) is 65.8 Å². The van der Waals surface area contributed by atoms with Crippen LogP contribution in [0.5, 0.6) is 5.75 Å². The van der Waals surface area contributed by atoms with E-state index in [4.69, 9.17) is 9.47 Å². The van der Waals surface area contributed by atoms with Crippen molar-refractivity contribution in [2.24, 2.45) is 11.3 Å². The molecule has 1 heterocycles. The number of allylic oxidation sites excluding steroid dienone is 3. The Kier molecular flexibility index (Phi) is 5.97. The molecule has 1 aliphatic heterocycles. The predicted molar refractivity (Wildman–Crippen MR) is 123 cm³/mol. The van der Waals surface area contributed by atoms with Gasteiger partial charge in [-0.25, -0.2) is 4.79 Å². The van der Waals surface area contributed by atoms with Gasteiger partial charge in [0, 0.05) is 17.1 Å². The summed E-state index contributed by atoms with van der Waals surface area (Å²) in [5.41, 5.74) is 5.44. The van der Waals surface area contributed by atoms with Gasteiger partial charge in [0.2, 0.25) is 0 Å². The minimum absolute atomic E-state index is 0.0491. The number of esters is 1. The fraction of sp³-hybridized carbons (Fsp3) is 0.593. The number of fused-ring (bicyclic) bond motifs is 1. The molecule has 1 aromatic carbocycles. The van der Waals surface area contributed by atoms with E-state index in [1.165, 1.54) is 16.7 Å². The van der Waals surface area contributed by atoms with Crippen LogP contribution in [-0.4, -0.2) is 19.2 Å². The Bertz CT molecular complexity index is 882. The molecule has 30 heavy (non-hydrogen) atoms. The van der Waals surface area contributed by atoms with Gasteiger partial charge in [0.05, 0.1) is 13.2 Å². The van der Waals surface area contributed by atoms with Gasteiger partial charge in [0.1, 0.15) is 5.75 Å². The van der Waals surface area contributed by atoms with Crippen molar-refractivity contribution in [2.45, 2.75) is 79.1 Å². The molecule has 0 spiro atoms. The maximum atomic E-state index is 11.6. The van der Waals surface area contributed by atoms with Crippen molar-refractivity contribution in [2.75, 3.05) is 13.2 Å². The molecule has 0 unspecified atom stereocenters. The van der Waals surface area contributed by atoms with Gasteiger partial charge in [0.15, 0.2) is 0 Å². The van der Waals surface area contributed by atoms with Crippen LogP contribution < -0.4 is 4.74 Å². The molecular weight excluding hydrogens is 372 g/mol. The van der Waals surface area contributed by atoms with Gasteiger partial charge in [-0.05, 0) is 60.1 Å². The summed E-state index contributed by atoms with van der Waals surface area (Å²) in [5.74, 6) is 1.32. The van der Waals surface area contributed by atoms with Gasteiger partial charge >= 0.3 is 5.97 Å². The third-order valence-electron chi connectivity index (χ3n) is 6.38. The summed E-state index contributed by atoms with van der Waals surface area (Å²) in [6, 6.07) is 4.78. The van der Waals surface area contributed by atoms with Gasteiger partial charge in [-0.15, -0.1) is 0 Å². The first-order valence-electron chi connectivity index (χ1n) is 11.2. The lowest BCUT2D eigenvalue weighted by Gasteiger charge is -2.23. The maximum Gasteiger partial charge on any atom is 0.330 e. The van der Waals surface area contributed by atoms with Crippen LogP contribution in [0.1, 0.15) is 78.5 Å². The summed E-state index contributed by atoms with van der Waals surface area (Å²) in [7, 11) is 0. The summed E-state index contributed by atoms with van der Waals surface area (Å²) < 4.78 is 11.2. The number of benzene rings is 1. The van der Waals surface area contributed by atoms with Crippen LogP contribution in [0.3, 0.4) is 0 Å². The first-order chi connectivity index (χ1) is 13.9. The molecule has 0 radical (unpaired) electrons. The Morgan fingerprint density at radius 3 is 2.60 bits per heavy atom. The zero-order valence-corrected chi connectivity index (χ0v) is 20.0. The van der Waals surface area contributed by atoms with Gasteiger partial charge in [0.25, 0.3) is 0 Å². The minimum atomic E-state index is -0.272. The molecule has 0 N–H and O–H groups in total. The number of hydrogen-bond acceptors (Lipinski definition) is 3. The lowest BCUT2D eigenvalue weighted by Crippen LogP contribution is -2.19.